The molecule has 0 amide bonds. The molecule has 2 aromatic rings. The van der Waals surface area contributed by atoms with Crippen molar-refractivity contribution in [2.24, 2.45) is 11.8 Å². The van der Waals surface area contributed by atoms with Gasteiger partial charge in [0.2, 0.25) is 0 Å². The molecule has 1 saturated carbocycles. The van der Waals surface area contributed by atoms with Gasteiger partial charge < -0.3 is 0 Å². The summed E-state index contributed by atoms with van der Waals surface area (Å²) in [6, 6.07) is 4.07. The molecular weight excluding hydrogens is 365 g/mol. The molecule has 0 atom stereocenters. The van der Waals surface area contributed by atoms with E-state index in [1.54, 1.807) is 14.4 Å². The van der Waals surface area contributed by atoms with E-state index in [2.05, 4.69) is 45.9 Å². The molecule has 0 bridgehead atoms. The first kappa shape index (κ1) is 21.6. The molecule has 2 aliphatic rings. The van der Waals surface area contributed by atoms with Crippen LogP contribution < -0.4 is 4.74 Å². The Morgan fingerprint density at radius 1 is 1.37 bits per heavy atom. The summed E-state index contributed by atoms with van der Waals surface area (Å²) in [7, 11) is 5.57. The Hall–Kier alpha value is -1.64. The molecule has 0 N–H and O–H groups in total. The zero-order valence-electron chi connectivity index (χ0n) is 18.1. The van der Waals surface area contributed by atoms with E-state index < -0.39 is 0 Å². The summed E-state index contributed by atoms with van der Waals surface area (Å²) in [6.07, 6.45) is 4.76. The van der Waals surface area contributed by atoms with Gasteiger partial charge in [-0.05, 0) is 0 Å². The summed E-state index contributed by atoms with van der Waals surface area (Å²) in [4.78, 5) is 12.3. The molecule has 4 rings (SSSR count). The first-order valence-electron chi connectivity index (χ1n) is 10.9. The summed E-state index contributed by atoms with van der Waals surface area (Å²) in [5, 5.41) is 0.990. The van der Waals surface area contributed by atoms with Gasteiger partial charge in [0.05, 0.1) is 0 Å². The van der Waals surface area contributed by atoms with E-state index in [1.807, 2.05) is 26.6 Å². The maximum absolute atomic E-state index is 12.3. The van der Waals surface area contributed by atoms with Crippen LogP contribution in [0.25, 0.3) is 0 Å². The number of carbonyl (C=O) groups excluding carboxylic acids is 1. The number of rotatable bonds is 9. The van der Waals surface area contributed by atoms with E-state index in [4.69, 9.17) is 9.07 Å². The van der Waals surface area contributed by atoms with Gasteiger partial charge in [0.25, 0.3) is 0 Å². The van der Waals surface area contributed by atoms with E-state index in [0.29, 0.717) is 24.2 Å². The second-order valence-electron chi connectivity index (χ2n) is 8.89. The molecule has 0 unspecified atom stereocenters. The second-order valence-corrected chi connectivity index (χ2v) is 8.89. The molecule has 0 aromatic carbocycles. The predicted molar refractivity (Wildman–Crippen MR) is 129 cm³/mol. The van der Waals surface area contributed by atoms with Crippen LogP contribution in [0.2, 0.25) is 0 Å². The summed E-state index contributed by atoms with van der Waals surface area (Å²) in [6.45, 7) is 13.3. The van der Waals surface area contributed by atoms with Crippen LogP contribution in [0.1, 0.15) is 49.4 Å². The van der Waals surface area contributed by atoms with E-state index >= 15 is 0 Å². The number of aryl methyl sites for hydroxylation is 1. The minimum absolute atomic E-state index is 0.0743. The van der Waals surface area contributed by atoms with E-state index in [0.717, 1.165) is 41.7 Å². The SMILES string of the molecule is Cc1boc(CC(=O)[B]C2=B[B]C(C3CC(COc4bbccc4C(C)C)C3)=C2)c1. The van der Waals surface area contributed by atoms with Crippen LogP contribution >= 0.6 is 0 Å². The standard InChI is InChI=1S/C21H24B6O3/c1-12(2)17-4-5-22-26-21(17)29-11-14-7-15(8-14)18-10-19(25-24-18)23-20(28)9-16-6-13(3)27-30-16/h4-6,10,12,14-15H,7-9,11H2,1-3H3. The van der Waals surface area contributed by atoms with Gasteiger partial charge >= 0.3 is 183 Å². The number of carbonyl (C=O) groups is 1. The second kappa shape index (κ2) is 9.66. The normalized spacial score (nSPS) is 19.6. The third kappa shape index (κ3) is 5.34. The fraction of sp³-hybridized carbons (Fsp3) is 0.476. The fourth-order valence-corrected chi connectivity index (χ4v) is 4.26. The van der Waals surface area contributed by atoms with E-state index in [-0.39, 0.29) is 5.68 Å². The summed E-state index contributed by atoms with van der Waals surface area (Å²) in [5.74, 6) is 4.44. The monoisotopic (exact) mass is 390 g/mol. The molecular formula is C21H24B6O3. The Morgan fingerprint density at radius 2 is 2.20 bits per heavy atom. The van der Waals surface area contributed by atoms with Gasteiger partial charge in [-0.25, -0.2) is 0 Å². The Kier molecular flexibility index (Phi) is 6.95. The Labute approximate surface area is 183 Å². The van der Waals surface area contributed by atoms with E-state index in [1.165, 1.54) is 11.0 Å². The molecule has 1 aliphatic carbocycles. The van der Waals surface area contributed by atoms with Crippen molar-refractivity contribution < 1.29 is 13.9 Å². The Bertz CT molecular complexity index is 975. The van der Waals surface area contributed by atoms with Gasteiger partial charge in [-0.3, -0.25) is 0 Å². The molecule has 3 nitrogen and oxygen atoms in total. The maximum atomic E-state index is 12.3. The van der Waals surface area contributed by atoms with Crippen molar-refractivity contribution in [2.75, 3.05) is 6.61 Å². The predicted octanol–water partition coefficient (Wildman–Crippen LogP) is 1.96. The summed E-state index contributed by atoms with van der Waals surface area (Å²) >= 11 is 0. The molecule has 2 aromatic heterocycles. The van der Waals surface area contributed by atoms with Crippen LogP contribution in [0.5, 0.6) is 5.64 Å². The van der Waals surface area contributed by atoms with Crippen LogP contribution in [0, 0.1) is 18.8 Å². The van der Waals surface area contributed by atoms with Gasteiger partial charge in [-0.2, -0.15) is 0 Å². The van der Waals surface area contributed by atoms with Crippen LogP contribution in [-0.4, -0.2) is 59.6 Å². The summed E-state index contributed by atoms with van der Waals surface area (Å²) in [5.41, 5.74) is 4.75. The molecule has 3 heterocycles. The number of allylic oxidation sites excluding steroid dienone is 2. The Morgan fingerprint density at radius 3 is 2.93 bits per heavy atom. The molecule has 0 spiro atoms. The van der Waals surface area contributed by atoms with Gasteiger partial charge in [0, 0.05) is 0 Å². The van der Waals surface area contributed by atoms with Gasteiger partial charge in [-0.15, -0.1) is 0 Å². The molecule has 9 heteroatoms. The molecule has 144 valence electrons. The van der Waals surface area contributed by atoms with Crippen molar-refractivity contribution >= 4 is 53.0 Å². The van der Waals surface area contributed by atoms with E-state index in [9.17, 15) is 4.79 Å². The van der Waals surface area contributed by atoms with Crippen molar-refractivity contribution in [1.82, 2.24) is 0 Å². The topological polar surface area (TPSA) is 39.4 Å². The van der Waals surface area contributed by atoms with Gasteiger partial charge in [0.15, 0.2) is 0 Å². The van der Waals surface area contributed by atoms with Crippen molar-refractivity contribution in [1.29, 1.82) is 0 Å². The third-order valence-electron chi connectivity index (χ3n) is 5.99. The van der Waals surface area contributed by atoms with Crippen molar-refractivity contribution in [3.05, 3.63) is 46.4 Å². The average molecular weight is 389 g/mol. The van der Waals surface area contributed by atoms with Crippen LogP contribution in [0.15, 0.2) is 34.0 Å². The molecule has 1 fully saturated rings. The third-order valence-corrected chi connectivity index (χ3v) is 5.99. The zero-order chi connectivity index (χ0) is 21.1. The zero-order valence-corrected chi connectivity index (χ0v) is 18.1. The van der Waals surface area contributed by atoms with Crippen molar-refractivity contribution in [3.63, 3.8) is 0 Å². The summed E-state index contributed by atoms with van der Waals surface area (Å²) < 4.78 is 11.5. The molecule has 1 aliphatic heterocycles. The fourth-order valence-electron chi connectivity index (χ4n) is 4.26. The molecule has 2 radical (unpaired) electrons. The molecule has 0 saturated heterocycles. The average Bonchev–Trinajstić information content (AvgIpc) is 3.29. The Balaban J connectivity index is 1.21. The molecule has 30 heavy (non-hydrogen) atoms. The minimum atomic E-state index is 0.0743. The number of hydrogen-bond acceptors (Lipinski definition) is 3. The number of ether oxygens (including phenoxy) is 1. The van der Waals surface area contributed by atoms with Crippen molar-refractivity contribution in [3.8, 4) is 5.64 Å². The van der Waals surface area contributed by atoms with Crippen LogP contribution in [0.3, 0.4) is 0 Å². The van der Waals surface area contributed by atoms with Gasteiger partial charge in [-0.1, -0.05) is 0 Å². The quantitative estimate of drug-likeness (QED) is 0.616. The van der Waals surface area contributed by atoms with Crippen LogP contribution in [0.4, 0.5) is 0 Å². The van der Waals surface area contributed by atoms with Gasteiger partial charge in [0.1, 0.15) is 0 Å². The first-order valence-corrected chi connectivity index (χ1v) is 10.9. The van der Waals surface area contributed by atoms with Crippen LogP contribution in [-0.2, 0) is 11.2 Å². The van der Waals surface area contributed by atoms with Crippen molar-refractivity contribution in [2.45, 2.75) is 46.0 Å². The number of hydrogen-bond donors (Lipinski definition) is 0. The first-order chi connectivity index (χ1) is 14.5.